The van der Waals surface area contributed by atoms with Gasteiger partial charge in [0, 0.05) is 29.2 Å². The van der Waals surface area contributed by atoms with E-state index in [0.29, 0.717) is 28.5 Å². The number of nitrogens with zero attached hydrogens (tertiary/aromatic N) is 3. The van der Waals surface area contributed by atoms with Crippen molar-refractivity contribution in [1.29, 1.82) is 0 Å². The molecule has 4 nitrogen and oxygen atoms in total. The lowest BCUT2D eigenvalue weighted by atomic mass is 10.2. The summed E-state index contributed by atoms with van der Waals surface area (Å²) in [5, 5.41) is 0.361. The molecule has 0 saturated carbocycles. The summed E-state index contributed by atoms with van der Waals surface area (Å²) in [5.41, 5.74) is 0.589. The van der Waals surface area contributed by atoms with E-state index in [1.807, 2.05) is 0 Å². The molecule has 0 spiro atoms. The molecule has 0 aliphatic rings. The molecule has 9 heteroatoms. The van der Waals surface area contributed by atoms with Gasteiger partial charge < -0.3 is 4.90 Å². The van der Waals surface area contributed by atoms with Crippen LogP contribution >= 0.6 is 39.7 Å². The number of thiazole rings is 1. The molecule has 0 atom stereocenters. The number of anilines is 1. The predicted octanol–water partition coefficient (Wildman–Crippen LogP) is 5.75. The fourth-order valence-corrected chi connectivity index (χ4v) is 4.17. The standard InChI is InChI=1S/C20H20BrF2N3OS.ClH/c1-3-25(4-2)9-10-26(19(27)13-5-7-14(21)8-6-13)20-24-18-16(23)11-15(22)12-17(18)28-20;/h5-8,11-12H,3-4,9-10H2,1-2H3;1H. The highest BCUT2D eigenvalue weighted by atomic mass is 79.9. The number of rotatable bonds is 7. The van der Waals surface area contributed by atoms with Gasteiger partial charge in [-0.1, -0.05) is 41.1 Å². The number of carbonyl (C=O) groups is 1. The topological polar surface area (TPSA) is 36.4 Å². The van der Waals surface area contributed by atoms with Crippen LogP contribution in [0.15, 0.2) is 40.9 Å². The Hall–Kier alpha value is -1.61. The summed E-state index contributed by atoms with van der Waals surface area (Å²) in [6.45, 7) is 6.88. The molecule has 3 rings (SSSR count). The molecule has 1 amide bonds. The number of amides is 1. The van der Waals surface area contributed by atoms with Gasteiger partial charge in [0.15, 0.2) is 10.9 Å². The van der Waals surface area contributed by atoms with E-state index in [1.165, 1.54) is 6.07 Å². The first-order valence-electron chi connectivity index (χ1n) is 8.98. The van der Waals surface area contributed by atoms with Crippen LogP contribution in [0.2, 0.25) is 0 Å². The molecule has 156 valence electrons. The van der Waals surface area contributed by atoms with Gasteiger partial charge in [0.2, 0.25) is 0 Å². The minimum Gasteiger partial charge on any atom is -0.302 e. The predicted molar refractivity (Wildman–Crippen MR) is 120 cm³/mol. The molecule has 0 radical (unpaired) electrons. The summed E-state index contributed by atoms with van der Waals surface area (Å²) < 4.78 is 28.9. The van der Waals surface area contributed by atoms with E-state index in [-0.39, 0.29) is 23.8 Å². The zero-order valence-corrected chi connectivity index (χ0v) is 19.2. The van der Waals surface area contributed by atoms with Crippen LogP contribution in [0.4, 0.5) is 13.9 Å². The smallest absolute Gasteiger partial charge is 0.260 e. The maximum atomic E-state index is 14.1. The average molecular weight is 505 g/mol. The van der Waals surface area contributed by atoms with Gasteiger partial charge in [0.25, 0.3) is 5.91 Å². The van der Waals surface area contributed by atoms with Gasteiger partial charge >= 0.3 is 0 Å². The largest absolute Gasteiger partial charge is 0.302 e. The minimum absolute atomic E-state index is 0. The maximum absolute atomic E-state index is 14.1. The van der Waals surface area contributed by atoms with Crippen LogP contribution in [-0.4, -0.2) is 42.0 Å². The van der Waals surface area contributed by atoms with Crippen LogP contribution in [-0.2, 0) is 0 Å². The molecule has 0 aliphatic heterocycles. The van der Waals surface area contributed by atoms with Crippen molar-refractivity contribution in [2.75, 3.05) is 31.1 Å². The first-order chi connectivity index (χ1) is 13.4. The number of benzene rings is 2. The molecule has 0 fully saturated rings. The first-order valence-corrected chi connectivity index (χ1v) is 10.6. The number of hydrogen-bond acceptors (Lipinski definition) is 4. The summed E-state index contributed by atoms with van der Waals surface area (Å²) in [7, 11) is 0. The van der Waals surface area contributed by atoms with Gasteiger partial charge in [-0.25, -0.2) is 13.8 Å². The lowest BCUT2D eigenvalue weighted by molar-refractivity contribution is 0.0983. The number of halogens is 4. The van der Waals surface area contributed by atoms with E-state index >= 15 is 0 Å². The third kappa shape index (κ3) is 5.51. The molecule has 0 bridgehead atoms. The average Bonchev–Trinajstić information content (AvgIpc) is 3.09. The van der Waals surface area contributed by atoms with Gasteiger partial charge in [-0.05, 0) is 43.4 Å². The van der Waals surface area contributed by atoms with Crippen LogP contribution in [0.25, 0.3) is 10.2 Å². The van der Waals surface area contributed by atoms with Crippen LogP contribution < -0.4 is 4.90 Å². The second kappa shape index (κ2) is 10.4. The Morgan fingerprint density at radius 1 is 1.10 bits per heavy atom. The third-order valence-electron chi connectivity index (χ3n) is 4.50. The van der Waals surface area contributed by atoms with Crippen LogP contribution in [0, 0.1) is 11.6 Å². The van der Waals surface area contributed by atoms with Crippen molar-refractivity contribution in [2.45, 2.75) is 13.8 Å². The number of hydrogen-bond donors (Lipinski definition) is 0. The molecule has 3 aromatic rings. The zero-order chi connectivity index (χ0) is 20.3. The van der Waals surface area contributed by atoms with Gasteiger partial charge in [0.05, 0.1) is 4.70 Å². The molecule has 2 aromatic carbocycles. The molecule has 0 unspecified atom stereocenters. The molecular formula is C20H21BrClF2N3OS. The number of aromatic nitrogens is 1. The van der Waals surface area contributed by atoms with Gasteiger partial charge in [-0.15, -0.1) is 12.4 Å². The highest BCUT2D eigenvalue weighted by molar-refractivity contribution is 9.10. The van der Waals surface area contributed by atoms with Crippen molar-refractivity contribution in [2.24, 2.45) is 0 Å². The Balaban J connectivity index is 0.00000300. The Labute approximate surface area is 187 Å². The SMILES string of the molecule is CCN(CC)CCN(C(=O)c1ccc(Br)cc1)c1nc2c(F)cc(F)cc2s1.Cl. The second-order valence-electron chi connectivity index (χ2n) is 6.22. The monoisotopic (exact) mass is 503 g/mol. The van der Waals surface area contributed by atoms with Crippen LogP contribution in [0.5, 0.6) is 0 Å². The van der Waals surface area contributed by atoms with E-state index in [0.717, 1.165) is 35.0 Å². The van der Waals surface area contributed by atoms with Crippen molar-refractivity contribution in [3.05, 3.63) is 58.1 Å². The van der Waals surface area contributed by atoms with Gasteiger partial charge in [-0.2, -0.15) is 0 Å². The van der Waals surface area contributed by atoms with Crippen molar-refractivity contribution in [3.8, 4) is 0 Å². The third-order valence-corrected chi connectivity index (χ3v) is 6.06. The summed E-state index contributed by atoms with van der Waals surface area (Å²) in [5.74, 6) is -1.61. The van der Waals surface area contributed by atoms with E-state index in [9.17, 15) is 13.6 Å². The molecule has 1 aromatic heterocycles. The Morgan fingerprint density at radius 3 is 2.38 bits per heavy atom. The highest BCUT2D eigenvalue weighted by Gasteiger charge is 2.23. The minimum atomic E-state index is -0.725. The highest BCUT2D eigenvalue weighted by Crippen LogP contribution is 2.32. The first kappa shape index (κ1) is 23.7. The number of carbonyl (C=O) groups excluding carboxylic acids is 1. The summed E-state index contributed by atoms with van der Waals surface area (Å²) in [6.07, 6.45) is 0. The fourth-order valence-electron chi connectivity index (χ4n) is 2.87. The van der Waals surface area contributed by atoms with Gasteiger partial charge in [-0.3, -0.25) is 9.69 Å². The van der Waals surface area contributed by atoms with Crippen LogP contribution in [0.3, 0.4) is 0 Å². The van der Waals surface area contributed by atoms with Crippen molar-refractivity contribution in [3.63, 3.8) is 0 Å². The summed E-state index contributed by atoms with van der Waals surface area (Å²) in [6, 6.07) is 9.09. The van der Waals surface area contributed by atoms with Crippen LogP contribution in [0.1, 0.15) is 24.2 Å². The molecule has 0 N–H and O–H groups in total. The van der Waals surface area contributed by atoms with Crippen molar-refractivity contribution < 1.29 is 13.6 Å². The summed E-state index contributed by atoms with van der Waals surface area (Å²) in [4.78, 5) is 21.2. The molecular weight excluding hydrogens is 484 g/mol. The van der Waals surface area contributed by atoms with E-state index < -0.39 is 11.6 Å². The molecule has 29 heavy (non-hydrogen) atoms. The lowest BCUT2D eigenvalue weighted by Gasteiger charge is -2.24. The fraction of sp³-hybridized carbons (Fsp3) is 0.300. The maximum Gasteiger partial charge on any atom is 0.260 e. The van der Waals surface area contributed by atoms with Gasteiger partial charge in [0.1, 0.15) is 11.3 Å². The normalized spacial score (nSPS) is 11.0. The Bertz CT molecular complexity index is 980. The Kier molecular flexibility index (Phi) is 8.51. The molecule has 1 heterocycles. The van der Waals surface area contributed by atoms with E-state index in [4.69, 9.17) is 0 Å². The van der Waals surface area contributed by atoms with E-state index in [2.05, 4.69) is 39.7 Å². The summed E-state index contributed by atoms with van der Waals surface area (Å²) >= 11 is 4.48. The Morgan fingerprint density at radius 2 is 1.76 bits per heavy atom. The quantitative estimate of drug-likeness (QED) is 0.411. The van der Waals surface area contributed by atoms with E-state index in [1.54, 1.807) is 29.2 Å². The number of fused-ring (bicyclic) bond motifs is 1. The second-order valence-corrected chi connectivity index (χ2v) is 8.15. The van der Waals surface area contributed by atoms with Crippen molar-refractivity contribution >= 4 is 60.9 Å². The molecule has 0 aliphatic carbocycles. The zero-order valence-electron chi connectivity index (χ0n) is 16.0. The molecule has 0 saturated heterocycles. The number of likely N-dealkylation sites (N-methyl/N-ethyl adjacent to an activating group) is 1. The lowest BCUT2D eigenvalue weighted by Crippen LogP contribution is -2.38. The van der Waals surface area contributed by atoms with Crippen molar-refractivity contribution in [1.82, 2.24) is 9.88 Å².